The van der Waals surface area contributed by atoms with Gasteiger partial charge in [0.1, 0.15) is 5.75 Å². The van der Waals surface area contributed by atoms with E-state index in [-0.39, 0.29) is 12.7 Å². The average molecular weight is 363 g/mol. The van der Waals surface area contributed by atoms with Gasteiger partial charge in [-0.15, -0.1) is 0 Å². The number of amides is 1. The van der Waals surface area contributed by atoms with Crippen molar-refractivity contribution >= 4 is 16.7 Å². The first-order valence-corrected chi connectivity index (χ1v) is 9.04. The van der Waals surface area contributed by atoms with E-state index >= 15 is 0 Å². The molecule has 5 heteroatoms. The molecule has 1 aliphatic rings. The van der Waals surface area contributed by atoms with Gasteiger partial charge in [-0.25, -0.2) is 0 Å². The van der Waals surface area contributed by atoms with Gasteiger partial charge in [-0.3, -0.25) is 4.79 Å². The monoisotopic (exact) mass is 363 g/mol. The fourth-order valence-electron chi connectivity index (χ4n) is 3.08. The van der Waals surface area contributed by atoms with Crippen molar-refractivity contribution in [2.75, 3.05) is 6.79 Å². The molecule has 0 aromatic heterocycles. The molecule has 0 radical (unpaired) electrons. The molecule has 27 heavy (non-hydrogen) atoms. The first-order valence-electron chi connectivity index (χ1n) is 9.04. The number of fused-ring (bicyclic) bond motifs is 2. The number of rotatable bonds is 6. The van der Waals surface area contributed by atoms with Crippen molar-refractivity contribution in [3.05, 3.63) is 66.2 Å². The highest BCUT2D eigenvalue weighted by Gasteiger charge is 2.19. The number of hydrogen-bond acceptors (Lipinski definition) is 4. The summed E-state index contributed by atoms with van der Waals surface area (Å²) in [7, 11) is 0. The molecule has 1 N–H and O–H groups in total. The van der Waals surface area contributed by atoms with Crippen LogP contribution >= 0.6 is 0 Å². The number of nitrogens with one attached hydrogen (secondary N) is 1. The van der Waals surface area contributed by atoms with E-state index in [1.54, 1.807) is 0 Å². The van der Waals surface area contributed by atoms with Crippen LogP contribution in [0, 0.1) is 0 Å². The van der Waals surface area contributed by atoms with Crippen LogP contribution in [0.2, 0.25) is 0 Å². The minimum absolute atomic E-state index is 0.136. The minimum Gasteiger partial charge on any atom is -0.481 e. The van der Waals surface area contributed by atoms with Crippen LogP contribution in [0.4, 0.5) is 0 Å². The molecule has 0 saturated carbocycles. The van der Waals surface area contributed by atoms with Crippen LogP contribution in [-0.4, -0.2) is 18.8 Å². The number of ether oxygens (including phenoxy) is 3. The van der Waals surface area contributed by atoms with Crippen molar-refractivity contribution in [2.24, 2.45) is 0 Å². The van der Waals surface area contributed by atoms with Crippen LogP contribution in [0.3, 0.4) is 0 Å². The van der Waals surface area contributed by atoms with E-state index in [2.05, 4.69) is 11.4 Å². The third-order valence-electron chi connectivity index (χ3n) is 4.57. The fraction of sp³-hybridized carbons (Fsp3) is 0.227. The maximum Gasteiger partial charge on any atom is 0.261 e. The van der Waals surface area contributed by atoms with Gasteiger partial charge in [0.05, 0.1) is 0 Å². The topological polar surface area (TPSA) is 56.8 Å². The van der Waals surface area contributed by atoms with Gasteiger partial charge in [0.2, 0.25) is 6.79 Å². The molecule has 0 saturated heterocycles. The molecular weight excluding hydrogens is 342 g/mol. The smallest absolute Gasteiger partial charge is 0.261 e. The molecule has 0 unspecified atom stereocenters. The van der Waals surface area contributed by atoms with Crippen LogP contribution in [0.25, 0.3) is 10.8 Å². The first-order chi connectivity index (χ1) is 13.2. The Kier molecular flexibility index (Phi) is 4.83. The molecule has 1 atom stereocenters. The quantitative estimate of drug-likeness (QED) is 0.718. The lowest BCUT2D eigenvalue weighted by molar-refractivity contribution is -0.128. The zero-order chi connectivity index (χ0) is 18.6. The van der Waals surface area contributed by atoms with E-state index in [4.69, 9.17) is 14.2 Å². The predicted molar refractivity (Wildman–Crippen MR) is 103 cm³/mol. The molecule has 0 bridgehead atoms. The summed E-state index contributed by atoms with van der Waals surface area (Å²) in [4.78, 5) is 12.6. The van der Waals surface area contributed by atoms with Crippen LogP contribution < -0.4 is 19.5 Å². The van der Waals surface area contributed by atoms with E-state index in [9.17, 15) is 4.79 Å². The van der Waals surface area contributed by atoms with Gasteiger partial charge in [0, 0.05) is 6.54 Å². The van der Waals surface area contributed by atoms with Crippen molar-refractivity contribution in [3.63, 3.8) is 0 Å². The highest BCUT2D eigenvalue weighted by atomic mass is 16.7. The molecule has 0 spiro atoms. The molecular formula is C22H21NO4. The Morgan fingerprint density at radius 3 is 2.70 bits per heavy atom. The summed E-state index contributed by atoms with van der Waals surface area (Å²) in [5.41, 5.74) is 0.952. The molecule has 3 aromatic rings. The summed E-state index contributed by atoms with van der Waals surface area (Å²) in [6.07, 6.45) is 0.0416. The Balaban J connectivity index is 1.40. The van der Waals surface area contributed by atoms with Crippen LogP contribution in [0.1, 0.15) is 18.9 Å². The van der Waals surface area contributed by atoms with Crippen molar-refractivity contribution in [1.82, 2.24) is 5.32 Å². The molecule has 1 aliphatic heterocycles. The number of carbonyl (C=O) groups is 1. The highest BCUT2D eigenvalue weighted by molar-refractivity contribution is 5.84. The normalized spacial score (nSPS) is 13.4. The Morgan fingerprint density at radius 2 is 1.85 bits per heavy atom. The third kappa shape index (κ3) is 3.82. The van der Waals surface area contributed by atoms with E-state index in [0.717, 1.165) is 22.1 Å². The van der Waals surface area contributed by atoms with Crippen LogP contribution in [0.5, 0.6) is 17.2 Å². The minimum atomic E-state index is -0.542. The lowest BCUT2D eigenvalue weighted by Crippen LogP contribution is -2.37. The van der Waals surface area contributed by atoms with Gasteiger partial charge >= 0.3 is 0 Å². The molecule has 1 heterocycles. The predicted octanol–water partition coefficient (Wildman–Crippen LogP) is 4.04. The first kappa shape index (κ1) is 17.2. The molecule has 5 nitrogen and oxygen atoms in total. The molecule has 3 aromatic carbocycles. The zero-order valence-corrected chi connectivity index (χ0v) is 15.1. The highest BCUT2D eigenvalue weighted by Crippen LogP contribution is 2.32. The second-order valence-corrected chi connectivity index (χ2v) is 6.43. The Morgan fingerprint density at radius 1 is 1.04 bits per heavy atom. The maximum atomic E-state index is 12.6. The van der Waals surface area contributed by atoms with Crippen molar-refractivity contribution < 1.29 is 19.0 Å². The Hall–Kier alpha value is -3.21. The van der Waals surface area contributed by atoms with Crippen molar-refractivity contribution in [1.29, 1.82) is 0 Å². The Bertz CT molecular complexity index is 969. The van der Waals surface area contributed by atoms with Crippen molar-refractivity contribution in [3.8, 4) is 17.2 Å². The van der Waals surface area contributed by atoms with E-state index < -0.39 is 6.10 Å². The van der Waals surface area contributed by atoms with Crippen LogP contribution in [0.15, 0.2) is 60.7 Å². The lowest BCUT2D eigenvalue weighted by Gasteiger charge is -2.18. The van der Waals surface area contributed by atoms with Gasteiger partial charge in [-0.05, 0) is 47.0 Å². The molecule has 4 rings (SSSR count). The van der Waals surface area contributed by atoms with Gasteiger partial charge in [0.15, 0.2) is 17.6 Å². The van der Waals surface area contributed by atoms with E-state index in [1.165, 1.54) is 0 Å². The van der Waals surface area contributed by atoms with Gasteiger partial charge in [-0.1, -0.05) is 43.3 Å². The van der Waals surface area contributed by atoms with Gasteiger partial charge in [0.25, 0.3) is 5.91 Å². The summed E-state index contributed by atoms with van der Waals surface area (Å²) in [6.45, 7) is 2.58. The number of hydrogen-bond donors (Lipinski definition) is 1. The van der Waals surface area contributed by atoms with Crippen LogP contribution in [-0.2, 0) is 11.3 Å². The average Bonchev–Trinajstić information content (AvgIpc) is 3.18. The van der Waals surface area contributed by atoms with Gasteiger partial charge in [-0.2, -0.15) is 0 Å². The SMILES string of the molecule is CC[C@@H](Oc1ccc2ccccc2c1)C(=O)NCc1ccc2c(c1)OCO2. The summed E-state index contributed by atoms with van der Waals surface area (Å²) in [5.74, 6) is 2.00. The van der Waals surface area contributed by atoms with Gasteiger partial charge < -0.3 is 19.5 Å². The molecule has 0 aliphatic carbocycles. The summed E-state index contributed by atoms with van der Waals surface area (Å²) in [6, 6.07) is 19.6. The number of benzene rings is 3. The fourth-order valence-corrected chi connectivity index (χ4v) is 3.08. The van der Waals surface area contributed by atoms with E-state index in [0.29, 0.717) is 24.5 Å². The second kappa shape index (κ2) is 7.58. The Labute approximate surface area is 157 Å². The zero-order valence-electron chi connectivity index (χ0n) is 15.1. The molecule has 1 amide bonds. The van der Waals surface area contributed by atoms with E-state index in [1.807, 2.05) is 61.5 Å². The standard InChI is InChI=1S/C22H21NO4/c1-2-19(27-18-9-8-16-5-3-4-6-17(16)12-18)22(24)23-13-15-7-10-20-21(11-15)26-14-25-20/h3-12,19H,2,13-14H2,1H3,(H,23,24)/t19-/m1/s1. The maximum absolute atomic E-state index is 12.6. The second-order valence-electron chi connectivity index (χ2n) is 6.43. The summed E-state index contributed by atoms with van der Waals surface area (Å²) in [5, 5.41) is 5.17. The number of carbonyl (C=O) groups excluding carboxylic acids is 1. The molecule has 0 fully saturated rings. The summed E-state index contributed by atoms with van der Waals surface area (Å²) < 4.78 is 16.6. The van der Waals surface area contributed by atoms with Crippen molar-refractivity contribution in [2.45, 2.75) is 26.0 Å². The lowest BCUT2D eigenvalue weighted by atomic mass is 10.1. The largest absolute Gasteiger partial charge is 0.481 e. The molecule has 138 valence electrons. The third-order valence-corrected chi connectivity index (χ3v) is 4.57. The summed E-state index contributed by atoms with van der Waals surface area (Å²) >= 11 is 0.